The standard InChI is InChI=1S/C19H22FN3O2S/c1-22-9-11-23(12-10-22)17-7-4-6-16-14(17)13-19(21-16)26(24,25)18-8-3-2-5-15(18)20/h2-8,19,21H,9-13H2,1H3. The molecule has 4 rings (SSSR count). The van der Waals surface area contributed by atoms with Crippen molar-refractivity contribution in [1.82, 2.24) is 4.90 Å². The maximum absolute atomic E-state index is 14.1. The predicted molar refractivity (Wildman–Crippen MR) is 101 cm³/mol. The highest BCUT2D eigenvalue weighted by molar-refractivity contribution is 7.92. The van der Waals surface area contributed by atoms with Crippen LogP contribution in [0.4, 0.5) is 15.8 Å². The Bertz CT molecular complexity index is 924. The Labute approximate surface area is 153 Å². The van der Waals surface area contributed by atoms with Gasteiger partial charge in [0.2, 0.25) is 9.84 Å². The third-order valence-electron chi connectivity index (χ3n) is 5.22. The minimum atomic E-state index is -3.81. The Balaban J connectivity index is 1.64. The first kappa shape index (κ1) is 17.3. The van der Waals surface area contributed by atoms with E-state index in [4.69, 9.17) is 0 Å². The Kier molecular flexibility index (Phi) is 4.36. The van der Waals surface area contributed by atoms with Crippen LogP contribution < -0.4 is 10.2 Å². The average Bonchev–Trinajstić information content (AvgIpc) is 3.08. The molecule has 7 heteroatoms. The van der Waals surface area contributed by atoms with E-state index in [0.29, 0.717) is 6.42 Å². The van der Waals surface area contributed by atoms with Gasteiger partial charge in [-0.1, -0.05) is 18.2 Å². The molecule has 1 unspecified atom stereocenters. The lowest BCUT2D eigenvalue weighted by Gasteiger charge is -2.35. The molecule has 1 saturated heterocycles. The largest absolute Gasteiger partial charge is 0.369 e. The van der Waals surface area contributed by atoms with Crippen LogP contribution in [0.3, 0.4) is 0 Å². The van der Waals surface area contributed by atoms with Gasteiger partial charge < -0.3 is 15.1 Å². The smallest absolute Gasteiger partial charge is 0.202 e. The molecule has 0 amide bonds. The molecule has 1 atom stereocenters. The van der Waals surface area contributed by atoms with Crippen molar-refractivity contribution < 1.29 is 12.8 Å². The van der Waals surface area contributed by atoms with Crippen LogP contribution >= 0.6 is 0 Å². The second-order valence-corrected chi connectivity index (χ2v) is 9.00. The van der Waals surface area contributed by atoms with Crippen molar-refractivity contribution in [3.63, 3.8) is 0 Å². The fourth-order valence-corrected chi connectivity index (χ4v) is 5.28. The molecule has 5 nitrogen and oxygen atoms in total. The number of sulfone groups is 1. The lowest BCUT2D eigenvalue weighted by molar-refractivity contribution is 0.312. The molecule has 2 aromatic carbocycles. The maximum atomic E-state index is 14.1. The molecule has 2 aliphatic rings. The molecule has 0 bridgehead atoms. The second-order valence-electron chi connectivity index (χ2n) is 6.91. The zero-order valence-electron chi connectivity index (χ0n) is 14.7. The minimum Gasteiger partial charge on any atom is -0.369 e. The second kappa shape index (κ2) is 6.55. The Hall–Kier alpha value is -2.12. The van der Waals surface area contributed by atoms with E-state index in [2.05, 4.69) is 22.2 Å². The molecule has 0 aliphatic carbocycles. The van der Waals surface area contributed by atoms with E-state index in [0.717, 1.165) is 43.1 Å². The maximum Gasteiger partial charge on any atom is 0.202 e. The number of hydrogen-bond donors (Lipinski definition) is 1. The normalized spacial score (nSPS) is 20.7. The van der Waals surface area contributed by atoms with Gasteiger partial charge in [-0.25, -0.2) is 12.8 Å². The highest BCUT2D eigenvalue weighted by Gasteiger charge is 2.36. The summed E-state index contributed by atoms with van der Waals surface area (Å²) in [6.07, 6.45) is 0.342. The molecule has 26 heavy (non-hydrogen) atoms. The topological polar surface area (TPSA) is 52.7 Å². The van der Waals surface area contributed by atoms with Crippen LogP contribution in [0.1, 0.15) is 5.56 Å². The van der Waals surface area contributed by atoms with Gasteiger partial charge in [0.1, 0.15) is 16.1 Å². The van der Waals surface area contributed by atoms with Crippen molar-refractivity contribution in [2.24, 2.45) is 0 Å². The summed E-state index contributed by atoms with van der Waals surface area (Å²) < 4.78 is 39.9. The van der Waals surface area contributed by atoms with Crippen LogP contribution in [-0.4, -0.2) is 51.9 Å². The predicted octanol–water partition coefficient (Wildman–Crippen LogP) is 2.35. The molecule has 138 valence electrons. The molecule has 1 N–H and O–H groups in total. The van der Waals surface area contributed by atoms with E-state index in [9.17, 15) is 12.8 Å². The van der Waals surface area contributed by atoms with Crippen molar-refractivity contribution in [2.45, 2.75) is 16.7 Å². The van der Waals surface area contributed by atoms with Crippen molar-refractivity contribution in [3.05, 3.63) is 53.8 Å². The van der Waals surface area contributed by atoms with Crippen LogP contribution in [0.25, 0.3) is 0 Å². The number of likely N-dealkylation sites (N-methyl/N-ethyl adjacent to an activating group) is 1. The summed E-state index contributed by atoms with van der Waals surface area (Å²) in [5.74, 6) is -0.704. The van der Waals surface area contributed by atoms with E-state index in [1.807, 2.05) is 18.2 Å². The number of nitrogens with one attached hydrogen (secondary N) is 1. The average molecular weight is 375 g/mol. The summed E-state index contributed by atoms with van der Waals surface area (Å²) >= 11 is 0. The summed E-state index contributed by atoms with van der Waals surface area (Å²) in [6, 6.07) is 11.4. The molecular weight excluding hydrogens is 353 g/mol. The zero-order valence-corrected chi connectivity index (χ0v) is 15.5. The highest BCUT2D eigenvalue weighted by Crippen LogP contribution is 2.37. The first-order valence-electron chi connectivity index (χ1n) is 8.77. The van der Waals surface area contributed by atoms with Crippen LogP contribution in [0.2, 0.25) is 0 Å². The molecule has 0 aromatic heterocycles. The van der Waals surface area contributed by atoms with Crippen molar-refractivity contribution in [2.75, 3.05) is 43.4 Å². The molecule has 0 radical (unpaired) electrons. The number of benzene rings is 2. The Morgan fingerprint density at radius 1 is 1.04 bits per heavy atom. The van der Waals surface area contributed by atoms with Gasteiger partial charge in [-0.05, 0) is 31.3 Å². The Morgan fingerprint density at radius 2 is 1.77 bits per heavy atom. The molecule has 2 heterocycles. The molecule has 0 saturated carbocycles. The summed E-state index contributed by atoms with van der Waals surface area (Å²) in [7, 11) is -1.70. The summed E-state index contributed by atoms with van der Waals surface area (Å²) in [6.45, 7) is 3.79. The molecule has 2 aromatic rings. The number of halogens is 1. The van der Waals surface area contributed by atoms with E-state index < -0.39 is 21.0 Å². The lowest BCUT2D eigenvalue weighted by atomic mass is 10.1. The first-order valence-corrected chi connectivity index (χ1v) is 10.3. The van der Waals surface area contributed by atoms with Crippen LogP contribution in [0, 0.1) is 5.82 Å². The fraction of sp³-hybridized carbons (Fsp3) is 0.368. The SMILES string of the molecule is CN1CCN(c2cccc3c2CC(S(=O)(=O)c2ccccc2F)N3)CC1. The van der Waals surface area contributed by atoms with Gasteiger partial charge in [-0.15, -0.1) is 0 Å². The number of nitrogens with zero attached hydrogens (tertiary/aromatic N) is 2. The van der Waals surface area contributed by atoms with Gasteiger partial charge in [-0.3, -0.25) is 0 Å². The zero-order chi connectivity index (χ0) is 18.3. The third-order valence-corrected chi connectivity index (χ3v) is 7.20. The van der Waals surface area contributed by atoms with Crippen LogP contribution in [-0.2, 0) is 16.3 Å². The number of piperazine rings is 1. The molecule has 2 aliphatic heterocycles. The summed E-state index contributed by atoms with van der Waals surface area (Å²) in [5, 5.41) is 2.25. The Morgan fingerprint density at radius 3 is 2.50 bits per heavy atom. The van der Waals surface area contributed by atoms with Crippen LogP contribution in [0.5, 0.6) is 0 Å². The van der Waals surface area contributed by atoms with Gasteiger partial charge in [-0.2, -0.15) is 0 Å². The summed E-state index contributed by atoms with van der Waals surface area (Å²) in [4.78, 5) is 4.34. The monoisotopic (exact) mass is 375 g/mol. The van der Waals surface area contributed by atoms with Gasteiger partial charge in [0.25, 0.3) is 0 Å². The van der Waals surface area contributed by atoms with Gasteiger partial charge in [0, 0.05) is 49.5 Å². The van der Waals surface area contributed by atoms with E-state index >= 15 is 0 Å². The highest BCUT2D eigenvalue weighted by atomic mass is 32.2. The number of anilines is 2. The summed E-state index contributed by atoms with van der Waals surface area (Å²) in [5.41, 5.74) is 2.91. The first-order chi connectivity index (χ1) is 12.5. The number of fused-ring (bicyclic) bond motifs is 1. The van der Waals surface area contributed by atoms with Gasteiger partial charge >= 0.3 is 0 Å². The van der Waals surface area contributed by atoms with E-state index in [1.165, 1.54) is 18.2 Å². The quantitative estimate of drug-likeness (QED) is 0.893. The number of rotatable bonds is 3. The minimum absolute atomic E-state index is 0.244. The van der Waals surface area contributed by atoms with Crippen LogP contribution in [0.15, 0.2) is 47.4 Å². The lowest BCUT2D eigenvalue weighted by Crippen LogP contribution is -2.44. The molecule has 0 spiro atoms. The fourth-order valence-electron chi connectivity index (χ4n) is 3.69. The van der Waals surface area contributed by atoms with E-state index in [-0.39, 0.29) is 4.90 Å². The van der Waals surface area contributed by atoms with Crippen molar-refractivity contribution >= 4 is 21.2 Å². The van der Waals surface area contributed by atoms with Gasteiger partial charge in [0.15, 0.2) is 0 Å². The number of hydrogen-bond acceptors (Lipinski definition) is 5. The molecule has 1 fully saturated rings. The van der Waals surface area contributed by atoms with E-state index in [1.54, 1.807) is 6.07 Å². The third kappa shape index (κ3) is 2.95. The van der Waals surface area contributed by atoms with Gasteiger partial charge in [0.05, 0.1) is 0 Å². The van der Waals surface area contributed by atoms with Crippen molar-refractivity contribution in [3.8, 4) is 0 Å². The molecular formula is C19H22FN3O2S. The van der Waals surface area contributed by atoms with Crippen molar-refractivity contribution in [1.29, 1.82) is 0 Å².